The number of ether oxygens (including phenoxy) is 2. The molecule has 0 spiro atoms. The Balaban J connectivity index is 2.53. The number of esters is 2. The van der Waals surface area contributed by atoms with Gasteiger partial charge in [-0.3, -0.25) is 9.59 Å². The van der Waals surface area contributed by atoms with E-state index in [4.69, 9.17) is 38.1 Å². The Hall–Kier alpha value is -2.12. The number of amides is 1. The van der Waals surface area contributed by atoms with Gasteiger partial charge in [0.15, 0.2) is 4.84 Å². The molecule has 2 rings (SSSR count). The summed E-state index contributed by atoms with van der Waals surface area (Å²) < 4.78 is 9.90. The first-order valence-corrected chi connectivity index (χ1v) is 11.1. The van der Waals surface area contributed by atoms with Crippen LogP contribution in [0.5, 0.6) is 0 Å². The molecular formula is C22H28Cl2N2O5. The van der Waals surface area contributed by atoms with E-state index >= 15 is 0 Å². The summed E-state index contributed by atoms with van der Waals surface area (Å²) in [7, 11) is 2.35. The first-order chi connectivity index (χ1) is 14.8. The van der Waals surface area contributed by atoms with Crippen molar-refractivity contribution >= 4 is 46.8 Å². The number of hydrogen-bond donors (Lipinski definition) is 1. The lowest BCUT2D eigenvalue weighted by Gasteiger charge is -2.36. The van der Waals surface area contributed by atoms with Crippen molar-refractivity contribution in [2.24, 2.45) is 11.8 Å². The van der Waals surface area contributed by atoms with E-state index in [0.717, 1.165) is 44.1 Å². The van der Waals surface area contributed by atoms with Gasteiger partial charge in [-0.1, -0.05) is 72.8 Å². The lowest BCUT2D eigenvalue weighted by Crippen LogP contribution is -2.56. The molecule has 2 unspecified atom stereocenters. The number of rotatable bonds is 9. The number of alkyl halides is 2. The quantitative estimate of drug-likeness (QED) is 0.336. The van der Waals surface area contributed by atoms with Crippen LogP contribution < -0.4 is 0 Å². The number of halogens is 2. The number of carbonyl (C=O) groups is 3. The van der Waals surface area contributed by atoms with Crippen molar-refractivity contribution in [2.45, 2.75) is 49.5 Å². The zero-order valence-electron chi connectivity index (χ0n) is 17.7. The minimum Gasteiger partial charge on any atom is -0.468 e. The molecule has 0 aromatic heterocycles. The van der Waals surface area contributed by atoms with Crippen molar-refractivity contribution in [1.29, 1.82) is 5.41 Å². The molecule has 1 saturated carbocycles. The fraction of sp³-hybridized carbons (Fsp3) is 0.545. The van der Waals surface area contributed by atoms with Gasteiger partial charge in [-0.25, -0.2) is 4.79 Å². The van der Waals surface area contributed by atoms with Crippen molar-refractivity contribution in [1.82, 2.24) is 4.90 Å². The van der Waals surface area contributed by atoms with Gasteiger partial charge < -0.3 is 19.8 Å². The summed E-state index contributed by atoms with van der Waals surface area (Å²) >= 11 is 11.8. The van der Waals surface area contributed by atoms with Crippen molar-refractivity contribution in [3.05, 3.63) is 35.9 Å². The van der Waals surface area contributed by atoms with Crippen molar-refractivity contribution in [2.75, 3.05) is 14.2 Å². The first kappa shape index (κ1) is 25.1. The second-order valence-corrected chi connectivity index (χ2v) is 8.61. The van der Waals surface area contributed by atoms with E-state index in [1.807, 2.05) is 6.07 Å². The highest BCUT2D eigenvalue weighted by atomic mass is 35.5. The highest BCUT2D eigenvalue weighted by Crippen LogP contribution is 2.31. The van der Waals surface area contributed by atoms with Gasteiger partial charge in [0.1, 0.15) is 12.0 Å². The summed E-state index contributed by atoms with van der Waals surface area (Å²) in [5.41, 5.74) is 0.764. The van der Waals surface area contributed by atoms with Gasteiger partial charge >= 0.3 is 11.9 Å². The second kappa shape index (κ2) is 12.1. The molecule has 0 heterocycles. The molecule has 1 N–H and O–H groups in total. The van der Waals surface area contributed by atoms with Crippen molar-refractivity contribution in [3.63, 3.8) is 0 Å². The van der Waals surface area contributed by atoms with Crippen LogP contribution in [-0.4, -0.2) is 53.6 Å². The van der Waals surface area contributed by atoms with E-state index in [1.54, 1.807) is 24.3 Å². The minimum atomic E-state index is -1.46. The predicted molar refractivity (Wildman–Crippen MR) is 118 cm³/mol. The molecule has 31 heavy (non-hydrogen) atoms. The monoisotopic (exact) mass is 470 g/mol. The number of hydrogen-bond acceptors (Lipinski definition) is 6. The second-order valence-electron chi connectivity index (χ2n) is 7.51. The third-order valence-electron chi connectivity index (χ3n) is 5.59. The van der Waals surface area contributed by atoms with Gasteiger partial charge in [0.05, 0.1) is 14.2 Å². The molecule has 1 aliphatic carbocycles. The van der Waals surface area contributed by atoms with Crippen LogP contribution >= 0.6 is 23.2 Å². The summed E-state index contributed by atoms with van der Waals surface area (Å²) in [5.74, 6) is -3.87. The first-order valence-electron chi connectivity index (χ1n) is 10.2. The van der Waals surface area contributed by atoms with Crippen molar-refractivity contribution in [3.8, 4) is 0 Å². The van der Waals surface area contributed by atoms with Crippen LogP contribution in [-0.2, 0) is 30.4 Å². The Labute approximate surface area is 192 Å². The minimum absolute atomic E-state index is 0.0409. The van der Waals surface area contributed by atoms with E-state index in [9.17, 15) is 14.4 Å². The van der Waals surface area contributed by atoms with E-state index in [2.05, 4.69) is 0 Å². The number of nitrogens with one attached hydrogen (secondary N) is 1. The average molecular weight is 471 g/mol. The average Bonchev–Trinajstić information content (AvgIpc) is 2.80. The van der Waals surface area contributed by atoms with Crippen LogP contribution in [0.1, 0.15) is 37.7 Å². The number of nitrogens with zero attached hydrogens (tertiary/aromatic N) is 1. The SMILES string of the molecule is COC(=O)C(C(=N)C1CCCCC1)C(C(=O)OC)N(Cc1ccccc1)C(=O)C(Cl)Cl. The smallest absolute Gasteiger partial charge is 0.329 e. The molecule has 9 heteroatoms. The van der Waals surface area contributed by atoms with Crippen LogP contribution in [0.4, 0.5) is 0 Å². The van der Waals surface area contributed by atoms with Gasteiger partial charge in [0.2, 0.25) is 0 Å². The van der Waals surface area contributed by atoms with Crippen LogP contribution in [0, 0.1) is 17.2 Å². The molecule has 1 aliphatic rings. The topological polar surface area (TPSA) is 96.8 Å². The molecule has 7 nitrogen and oxygen atoms in total. The third-order valence-corrected chi connectivity index (χ3v) is 5.97. The van der Waals surface area contributed by atoms with Crippen LogP contribution in [0.25, 0.3) is 0 Å². The van der Waals surface area contributed by atoms with Crippen LogP contribution in [0.3, 0.4) is 0 Å². The molecule has 0 aliphatic heterocycles. The molecule has 170 valence electrons. The van der Waals surface area contributed by atoms with E-state index < -0.39 is 34.6 Å². The zero-order chi connectivity index (χ0) is 23.0. The maximum atomic E-state index is 13.0. The number of methoxy groups -OCH3 is 2. The van der Waals surface area contributed by atoms with Gasteiger partial charge in [0, 0.05) is 12.3 Å². The molecule has 0 saturated heterocycles. The summed E-state index contributed by atoms with van der Waals surface area (Å²) in [6, 6.07) is 7.49. The van der Waals surface area contributed by atoms with Gasteiger partial charge in [-0.05, 0) is 24.3 Å². The van der Waals surface area contributed by atoms with Gasteiger partial charge in [-0.15, -0.1) is 0 Å². The number of benzene rings is 1. The fourth-order valence-electron chi connectivity index (χ4n) is 4.00. The predicted octanol–water partition coefficient (Wildman–Crippen LogP) is 3.75. The summed E-state index contributed by atoms with van der Waals surface area (Å²) in [6.07, 6.45) is 4.40. The maximum Gasteiger partial charge on any atom is 0.329 e. The normalized spacial score (nSPS) is 16.3. The summed E-state index contributed by atoms with van der Waals surface area (Å²) in [6.45, 7) is -0.0409. The Morgan fingerprint density at radius 2 is 1.61 bits per heavy atom. The summed E-state index contributed by atoms with van der Waals surface area (Å²) in [5, 5.41) is 8.78. The fourth-order valence-corrected chi connectivity index (χ4v) is 4.25. The Morgan fingerprint density at radius 1 is 1.03 bits per heavy atom. The highest BCUT2D eigenvalue weighted by molar-refractivity contribution is 6.53. The molecule has 2 atom stereocenters. The Kier molecular flexibility index (Phi) is 9.78. The standard InChI is InChI=1S/C22H28Cl2N2O5/c1-30-21(28)16(17(25)15-11-7-4-8-12-15)18(22(29)31-2)26(20(27)19(23)24)13-14-9-5-3-6-10-14/h3,5-6,9-10,15-16,18-19,25H,4,7-8,11-13H2,1-2H3. The molecule has 1 fully saturated rings. The Bertz CT molecular complexity index is 781. The lowest BCUT2D eigenvalue weighted by molar-refractivity contribution is -0.160. The van der Waals surface area contributed by atoms with Gasteiger partial charge in [0.25, 0.3) is 5.91 Å². The largest absolute Gasteiger partial charge is 0.468 e. The van der Waals surface area contributed by atoms with E-state index in [1.165, 1.54) is 7.11 Å². The molecule has 1 aromatic rings. The number of carbonyl (C=O) groups excluding carboxylic acids is 3. The zero-order valence-corrected chi connectivity index (χ0v) is 19.2. The molecule has 1 aromatic carbocycles. The van der Waals surface area contributed by atoms with Crippen LogP contribution in [0.2, 0.25) is 0 Å². The van der Waals surface area contributed by atoms with Gasteiger partial charge in [-0.2, -0.15) is 0 Å². The third kappa shape index (κ3) is 6.43. The summed E-state index contributed by atoms with van der Waals surface area (Å²) in [4.78, 5) is 38.4. The Morgan fingerprint density at radius 3 is 2.13 bits per heavy atom. The van der Waals surface area contributed by atoms with E-state index in [0.29, 0.717) is 5.56 Å². The maximum absolute atomic E-state index is 13.0. The molecule has 0 radical (unpaired) electrons. The van der Waals surface area contributed by atoms with Crippen LogP contribution in [0.15, 0.2) is 30.3 Å². The lowest BCUT2D eigenvalue weighted by atomic mass is 9.78. The molecule has 0 bridgehead atoms. The molecular weight excluding hydrogens is 443 g/mol. The van der Waals surface area contributed by atoms with Crippen molar-refractivity contribution < 1.29 is 23.9 Å². The highest BCUT2D eigenvalue weighted by Gasteiger charge is 2.46. The molecule has 1 amide bonds. The van der Waals surface area contributed by atoms with E-state index in [-0.39, 0.29) is 18.2 Å².